The first-order valence-electron chi connectivity index (χ1n) is 6.77. The highest BCUT2D eigenvalue weighted by Gasteiger charge is 2.16. The summed E-state index contributed by atoms with van der Waals surface area (Å²) < 4.78 is 13.0. The van der Waals surface area contributed by atoms with Crippen molar-refractivity contribution in [3.63, 3.8) is 0 Å². The van der Waals surface area contributed by atoms with Gasteiger partial charge in [-0.15, -0.1) is 5.10 Å². The van der Waals surface area contributed by atoms with E-state index in [0.29, 0.717) is 19.8 Å². The van der Waals surface area contributed by atoms with Crippen molar-refractivity contribution in [1.82, 2.24) is 15.0 Å². The van der Waals surface area contributed by atoms with Gasteiger partial charge in [0.25, 0.3) is 0 Å². The maximum atomic E-state index is 5.70. The number of hydrogen-bond donors (Lipinski definition) is 1. The van der Waals surface area contributed by atoms with E-state index in [2.05, 4.69) is 10.3 Å². The van der Waals surface area contributed by atoms with Crippen LogP contribution in [-0.4, -0.2) is 28.2 Å². The maximum absolute atomic E-state index is 5.70. The Morgan fingerprint density at radius 1 is 1.05 bits per heavy atom. The van der Waals surface area contributed by atoms with Crippen molar-refractivity contribution in [2.45, 2.75) is 6.54 Å². The lowest BCUT2D eigenvalue weighted by molar-refractivity contribution is 0.172. The Hall–Kier alpha value is -2.76. The van der Waals surface area contributed by atoms with Crippen LogP contribution in [0.5, 0.6) is 11.5 Å². The molecule has 2 N–H and O–H groups in total. The van der Waals surface area contributed by atoms with Gasteiger partial charge in [0.15, 0.2) is 11.5 Å². The van der Waals surface area contributed by atoms with E-state index in [9.17, 15) is 0 Å². The number of nitrogens with zero attached hydrogens (tertiary/aromatic N) is 3. The van der Waals surface area contributed by atoms with E-state index in [1.807, 2.05) is 41.1 Å². The van der Waals surface area contributed by atoms with Crippen LogP contribution in [0.2, 0.25) is 0 Å². The predicted molar refractivity (Wildman–Crippen MR) is 78.5 cm³/mol. The van der Waals surface area contributed by atoms with Gasteiger partial charge in [-0.05, 0) is 17.7 Å². The van der Waals surface area contributed by atoms with Crippen LogP contribution in [0.1, 0.15) is 5.56 Å². The fourth-order valence-electron chi connectivity index (χ4n) is 2.42. The Kier molecular flexibility index (Phi) is 2.67. The van der Waals surface area contributed by atoms with Gasteiger partial charge in [0.05, 0.1) is 12.1 Å². The Morgan fingerprint density at radius 2 is 1.76 bits per heavy atom. The Labute approximate surface area is 121 Å². The molecule has 106 valence electrons. The predicted octanol–water partition coefficient (Wildman–Crippen LogP) is 1.83. The van der Waals surface area contributed by atoms with E-state index in [-0.39, 0.29) is 0 Å². The lowest BCUT2D eigenvalue weighted by Gasteiger charge is -2.18. The molecule has 0 saturated carbocycles. The lowest BCUT2D eigenvalue weighted by atomic mass is 10.2. The van der Waals surface area contributed by atoms with E-state index in [4.69, 9.17) is 15.2 Å². The van der Waals surface area contributed by atoms with E-state index >= 15 is 0 Å². The second kappa shape index (κ2) is 4.66. The molecule has 2 aromatic carbocycles. The van der Waals surface area contributed by atoms with Gasteiger partial charge in [-0.25, -0.2) is 4.68 Å². The minimum Gasteiger partial charge on any atom is -0.486 e. The molecule has 1 aromatic heterocycles. The molecule has 0 fully saturated rings. The summed E-state index contributed by atoms with van der Waals surface area (Å²) in [7, 11) is 0. The van der Waals surface area contributed by atoms with Crippen LogP contribution >= 0.6 is 0 Å². The third-order valence-electron chi connectivity index (χ3n) is 3.49. The molecule has 3 aromatic rings. The fraction of sp³-hybridized carbons (Fsp3) is 0.200. The van der Waals surface area contributed by atoms with E-state index < -0.39 is 0 Å². The third-order valence-corrected chi connectivity index (χ3v) is 3.49. The number of fused-ring (bicyclic) bond motifs is 2. The highest BCUT2D eigenvalue weighted by atomic mass is 16.6. The molecule has 2 heterocycles. The number of rotatable bonds is 2. The number of nitrogen functional groups attached to an aromatic ring is 1. The first kappa shape index (κ1) is 12.0. The first-order chi connectivity index (χ1) is 10.3. The standard InChI is InChI=1S/C15H14N4O2/c16-11-3-1-10(2-4-11)9-19-13-8-15-14(20-5-6-21-15)7-12(13)17-18-19/h1-4,7-8H,5-6,9,16H2. The topological polar surface area (TPSA) is 75.2 Å². The van der Waals surface area contributed by atoms with Crippen molar-refractivity contribution in [3.8, 4) is 11.5 Å². The zero-order chi connectivity index (χ0) is 14.2. The van der Waals surface area contributed by atoms with Crippen LogP contribution in [0.4, 0.5) is 5.69 Å². The molecule has 0 atom stereocenters. The van der Waals surface area contributed by atoms with Crippen molar-refractivity contribution < 1.29 is 9.47 Å². The van der Waals surface area contributed by atoms with Gasteiger partial charge < -0.3 is 15.2 Å². The molecule has 0 bridgehead atoms. The van der Waals surface area contributed by atoms with Crippen molar-refractivity contribution >= 4 is 16.7 Å². The van der Waals surface area contributed by atoms with E-state index in [1.54, 1.807) is 0 Å². The molecule has 0 aliphatic carbocycles. The van der Waals surface area contributed by atoms with Gasteiger partial charge in [0, 0.05) is 17.8 Å². The molecular formula is C15H14N4O2. The first-order valence-corrected chi connectivity index (χ1v) is 6.77. The molecule has 4 rings (SSSR count). The minimum atomic E-state index is 0.567. The van der Waals surface area contributed by atoms with Crippen molar-refractivity contribution in [2.75, 3.05) is 18.9 Å². The van der Waals surface area contributed by atoms with Crippen molar-refractivity contribution in [3.05, 3.63) is 42.0 Å². The summed E-state index contributed by atoms with van der Waals surface area (Å²) in [4.78, 5) is 0. The normalized spacial score (nSPS) is 13.5. The van der Waals surface area contributed by atoms with E-state index in [1.165, 1.54) is 0 Å². The molecule has 1 aliphatic heterocycles. The summed E-state index contributed by atoms with van der Waals surface area (Å²) in [6, 6.07) is 11.5. The summed E-state index contributed by atoms with van der Waals surface area (Å²) in [6.45, 7) is 1.77. The van der Waals surface area contributed by atoms with Gasteiger partial charge in [-0.1, -0.05) is 17.3 Å². The Morgan fingerprint density at radius 3 is 2.52 bits per heavy atom. The number of benzene rings is 2. The monoisotopic (exact) mass is 282 g/mol. The molecule has 0 spiro atoms. The summed E-state index contributed by atoms with van der Waals surface area (Å²) in [5, 5.41) is 8.40. The van der Waals surface area contributed by atoms with Crippen LogP contribution in [0.25, 0.3) is 11.0 Å². The van der Waals surface area contributed by atoms with Gasteiger partial charge in [0.2, 0.25) is 0 Å². The average molecular weight is 282 g/mol. The van der Waals surface area contributed by atoms with Crippen LogP contribution < -0.4 is 15.2 Å². The second-order valence-corrected chi connectivity index (χ2v) is 4.97. The zero-order valence-corrected chi connectivity index (χ0v) is 11.3. The Bertz CT molecular complexity index is 795. The summed E-state index contributed by atoms with van der Waals surface area (Å²) >= 11 is 0. The van der Waals surface area contributed by atoms with Crippen LogP contribution in [0.3, 0.4) is 0 Å². The number of nitrogens with two attached hydrogens (primary N) is 1. The highest BCUT2D eigenvalue weighted by Crippen LogP contribution is 2.33. The molecule has 0 saturated heterocycles. The molecule has 6 heteroatoms. The largest absolute Gasteiger partial charge is 0.486 e. The molecule has 0 amide bonds. The fourth-order valence-corrected chi connectivity index (χ4v) is 2.42. The maximum Gasteiger partial charge on any atom is 0.163 e. The summed E-state index contributed by atoms with van der Waals surface area (Å²) in [6.07, 6.45) is 0. The number of ether oxygens (including phenoxy) is 2. The molecule has 21 heavy (non-hydrogen) atoms. The summed E-state index contributed by atoms with van der Waals surface area (Å²) in [5.41, 5.74) is 9.30. The molecule has 0 radical (unpaired) electrons. The quantitative estimate of drug-likeness (QED) is 0.726. The van der Waals surface area contributed by atoms with Crippen molar-refractivity contribution in [1.29, 1.82) is 0 Å². The van der Waals surface area contributed by atoms with Gasteiger partial charge in [-0.2, -0.15) is 0 Å². The molecule has 1 aliphatic rings. The minimum absolute atomic E-state index is 0.567. The molecule has 0 unspecified atom stereocenters. The smallest absolute Gasteiger partial charge is 0.163 e. The SMILES string of the molecule is Nc1ccc(Cn2nnc3cc4c(cc32)OCCO4)cc1. The summed E-state index contributed by atoms with van der Waals surface area (Å²) in [5.74, 6) is 1.47. The third kappa shape index (κ3) is 2.14. The van der Waals surface area contributed by atoms with E-state index in [0.717, 1.165) is 33.8 Å². The number of anilines is 1. The number of hydrogen-bond acceptors (Lipinski definition) is 5. The number of aromatic nitrogens is 3. The Balaban J connectivity index is 1.73. The zero-order valence-electron chi connectivity index (χ0n) is 11.3. The highest BCUT2D eigenvalue weighted by molar-refractivity contribution is 5.79. The van der Waals surface area contributed by atoms with Gasteiger partial charge in [0.1, 0.15) is 18.7 Å². The molecular weight excluding hydrogens is 268 g/mol. The second-order valence-electron chi connectivity index (χ2n) is 4.97. The van der Waals surface area contributed by atoms with Crippen molar-refractivity contribution in [2.24, 2.45) is 0 Å². The van der Waals surface area contributed by atoms with Crippen LogP contribution in [0, 0.1) is 0 Å². The van der Waals surface area contributed by atoms with Crippen LogP contribution in [0.15, 0.2) is 36.4 Å². The average Bonchev–Trinajstić information content (AvgIpc) is 2.89. The van der Waals surface area contributed by atoms with Gasteiger partial charge >= 0.3 is 0 Å². The van der Waals surface area contributed by atoms with Crippen LogP contribution in [-0.2, 0) is 6.54 Å². The van der Waals surface area contributed by atoms with Gasteiger partial charge in [-0.3, -0.25) is 0 Å². The lowest BCUT2D eigenvalue weighted by Crippen LogP contribution is -2.15. The molecule has 6 nitrogen and oxygen atoms in total.